The Morgan fingerprint density at radius 3 is 2.29 bits per heavy atom. The third-order valence-corrected chi connectivity index (χ3v) is 5.53. The van der Waals surface area contributed by atoms with Crippen molar-refractivity contribution in [2.45, 2.75) is 18.4 Å². The molecule has 3 rings (SSSR count). The fourth-order valence-electron chi connectivity index (χ4n) is 2.62. The van der Waals surface area contributed by atoms with E-state index in [-0.39, 0.29) is 17.4 Å². The van der Waals surface area contributed by atoms with Gasteiger partial charge in [-0.1, -0.05) is 6.07 Å². The van der Waals surface area contributed by atoms with Crippen LogP contribution in [0.5, 0.6) is 11.5 Å². The van der Waals surface area contributed by atoms with Crippen LogP contribution in [-0.2, 0) is 21.4 Å². The average Bonchev–Trinajstić information content (AvgIpc) is 2.78. The number of pyridine rings is 1. The van der Waals surface area contributed by atoms with Crippen LogP contribution < -0.4 is 19.5 Å². The number of benzene rings is 2. The normalized spacial score (nSPS) is 10.9. The van der Waals surface area contributed by atoms with Crippen molar-refractivity contribution in [2.24, 2.45) is 0 Å². The van der Waals surface area contributed by atoms with E-state index in [9.17, 15) is 13.2 Å². The zero-order valence-electron chi connectivity index (χ0n) is 16.9. The molecule has 0 aliphatic carbocycles. The van der Waals surface area contributed by atoms with Crippen molar-refractivity contribution >= 4 is 21.6 Å². The van der Waals surface area contributed by atoms with Gasteiger partial charge in [-0.25, -0.2) is 8.42 Å². The molecule has 0 unspecified atom stereocenters. The van der Waals surface area contributed by atoms with Crippen LogP contribution >= 0.6 is 0 Å². The number of nitrogens with one attached hydrogen (secondary N) is 2. The molecule has 0 saturated carbocycles. The summed E-state index contributed by atoms with van der Waals surface area (Å²) in [7, 11) is -3.76. The van der Waals surface area contributed by atoms with Gasteiger partial charge in [-0.15, -0.1) is 0 Å². The molecule has 0 bridgehead atoms. The summed E-state index contributed by atoms with van der Waals surface area (Å²) in [6.07, 6.45) is 3.33. The lowest BCUT2D eigenvalue weighted by Gasteiger charge is -2.11. The van der Waals surface area contributed by atoms with E-state index in [2.05, 4.69) is 15.0 Å². The average molecular weight is 442 g/mol. The molecule has 8 nitrogen and oxygen atoms in total. The lowest BCUT2D eigenvalue weighted by atomic mass is 10.3. The van der Waals surface area contributed by atoms with Crippen LogP contribution in [0.4, 0.5) is 5.69 Å². The minimum atomic E-state index is -3.76. The molecule has 0 radical (unpaired) electrons. The summed E-state index contributed by atoms with van der Waals surface area (Å²) in [5.74, 6) is 0.755. The fourth-order valence-corrected chi connectivity index (χ4v) is 3.68. The lowest BCUT2D eigenvalue weighted by Crippen LogP contribution is -2.28. The minimum Gasteiger partial charge on any atom is -0.494 e. The summed E-state index contributed by atoms with van der Waals surface area (Å²) in [6, 6.07) is 16.1. The first-order chi connectivity index (χ1) is 15.0. The van der Waals surface area contributed by atoms with E-state index >= 15 is 0 Å². The van der Waals surface area contributed by atoms with E-state index in [1.165, 1.54) is 24.3 Å². The number of aromatic nitrogens is 1. The van der Waals surface area contributed by atoms with E-state index in [1.807, 2.05) is 13.0 Å². The topological polar surface area (TPSA) is 107 Å². The molecule has 9 heteroatoms. The molecule has 0 spiro atoms. The van der Waals surface area contributed by atoms with Crippen LogP contribution in [0.2, 0.25) is 0 Å². The van der Waals surface area contributed by atoms with Crippen LogP contribution in [0.1, 0.15) is 12.5 Å². The lowest BCUT2D eigenvalue weighted by molar-refractivity contribution is -0.123. The van der Waals surface area contributed by atoms with Crippen LogP contribution in [0.15, 0.2) is 78.0 Å². The molecule has 3 aromatic rings. The van der Waals surface area contributed by atoms with E-state index in [1.54, 1.807) is 42.7 Å². The molecule has 31 heavy (non-hydrogen) atoms. The van der Waals surface area contributed by atoms with Gasteiger partial charge in [-0.05, 0) is 67.1 Å². The van der Waals surface area contributed by atoms with Crippen molar-refractivity contribution in [3.63, 3.8) is 0 Å². The van der Waals surface area contributed by atoms with Crippen molar-refractivity contribution < 1.29 is 22.7 Å². The van der Waals surface area contributed by atoms with Crippen molar-refractivity contribution in [1.29, 1.82) is 0 Å². The molecule has 162 valence electrons. The van der Waals surface area contributed by atoms with Gasteiger partial charge in [0, 0.05) is 24.6 Å². The maximum atomic E-state index is 12.6. The van der Waals surface area contributed by atoms with Gasteiger partial charge in [0.05, 0.1) is 11.5 Å². The summed E-state index contributed by atoms with van der Waals surface area (Å²) < 4.78 is 38.4. The number of amides is 1. The smallest absolute Gasteiger partial charge is 0.261 e. The molecule has 0 fully saturated rings. The number of rotatable bonds is 10. The van der Waals surface area contributed by atoms with Gasteiger partial charge in [0.15, 0.2) is 6.61 Å². The maximum absolute atomic E-state index is 12.6. The highest BCUT2D eigenvalue weighted by Gasteiger charge is 2.14. The molecule has 2 aromatic carbocycles. The predicted octanol–water partition coefficient (Wildman–Crippen LogP) is 2.98. The number of hydrogen-bond donors (Lipinski definition) is 2. The zero-order chi connectivity index (χ0) is 22.1. The maximum Gasteiger partial charge on any atom is 0.261 e. The van der Waals surface area contributed by atoms with Gasteiger partial charge in [-0.3, -0.25) is 14.5 Å². The molecular formula is C22H23N3O5S. The molecule has 2 N–H and O–H groups in total. The SMILES string of the molecule is CCOc1ccc(NS(=O)(=O)c2ccc(OCC(=O)NCc3cccnc3)cc2)cc1. The Balaban J connectivity index is 1.52. The van der Waals surface area contributed by atoms with Crippen LogP contribution in [-0.4, -0.2) is 32.5 Å². The minimum absolute atomic E-state index is 0.0785. The summed E-state index contributed by atoms with van der Waals surface area (Å²) in [6.45, 7) is 2.58. The Kier molecular flexibility index (Phi) is 7.45. The van der Waals surface area contributed by atoms with Crippen molar-refractivity contribution in [1.82, 2.24) is 10.3 Å². The Labute approximate surface area is 181 Å². The summed E-state index contributed by atoms with van der Waals surface area (Å²) in [5, 5.41) is 2.73. The third-order valence-electron chi connectivity index (χ3n) is 4.13. The van der Waals surface area contributed by atoms with E-state index in [0.717, 1.165) is 5.56 Å². The standard InChI is InChI=1S/C22H23N3O5S/c1-2-29-19-7-5-18(6-8-19)25-31(27,28)21-11-9-20(10-12-21)30-16-22(26)24-15-17-4-3-13-23-14-17/h3-14,25H,2,15-16H2,1H3,(H,24,26). The van der Waals surface area contributed by atoms with E-state index < -0.39 is 10.0 Å². The highest BCUT2D eigenvalue weighted by Crippen LogP contribution is 2.21. The first kappa shape index (κ1) is 22.1. The van der Waals surface area contributed by atoms with E-state index in [0.29, 0.717) is 30.3 Å². The monoisotopic (exact) mass is 441 g/mol. The first-order valence-electron chi connectivity index (χ1n) is 9.60. The number of sulfonamides is 1. The van der Waals surface area contributed by atoms with E-state index in [4.69, 9.17) is 9.47 Å². The predicted molar refractivity (Wildman–Crippen MR) is 116 cm³/mol. The van der Waals surface area contributed by atoms with Crippen LogP contribution in [0, 0.1) is 0 Å². The Morgan fingerprint density at radius 1 is 0.968 bits per heavy atom. The second-order valence-corrected chi connectivity index (χ2v) is 8.14. The number of nitrogens with zero attached hydrogens (tertiary/aromatic N) is 1. The molecule has 1 amide bonds. The van der Waals surface area contributed by atoms with Gasteiger partial charge in [0.1, 0.15) is 11.5 Å². The van der Waals surface area contributed by atoms with Crippen LogP contribution in [0.3, 0.4) is 0 Å². The van der Waals surface area contributed by atoms with Gasteiger partial charge >= 0.3 is 0 Å². The number of ether oxygens (including phenoxy) is 2. The van der Waals surface area contributed by atoms with Gasteiger partial charge in [0.2, 0.25) is 0 Å². The highest BCUT2D eigenvalue weighted by atomic mass is 32.2. The Bertz CT molecular complexity index is 1090. The Morgan fingerprint density at radius 2 is 1.65 bits per heavy atom. The third kappa shape index (κ3) is 6.71. The summed E-state index contributed by atoms with van der Waals surface area (Å²) >= 11 is 0. The summed E-state index contributed by atoms with van der Waals surface area (Å²) in [4.78, 5) is 16.0. The quantitative estimate of drug-likeness (QED) is 0.501. The largest absolute Gasteiger partial charge is 0.494 e. The first-order valence-corrected chi connectivity index (χ1v) is 11.1. The number of carbonyl (C=O) groups excluding carboxylic acids is 1. The van der Waals surface area contributed by atoms with Gasteiger partial charge < -0.3 is 14.8 Å². The van der Waals surface area contributed by atoms with Gasteiger partial charge in [0.25, 0.3) is 15.9 Å². The second-order valence-electron chi connectivity index (χ2n) is 6.46. The zero-order valence-corrected chi connectivity index (χ0v) is 17.8. The molecule has 0 atom stereocenters. The number of anilines is 1. The molecule has 0 saturated heterocycles. The van der Waals surface area contributed by atoms with Crippen molar-refractivity contribution in [3.8, 4) is 11.5 Å². The number of hydrogen-bond acceptors (Lipinski definition) is 6. The highest BCUT2D eigenvalue weighted by molar-refractivity contribution is 7.92. The molecule has 1 heterocycles. The molecule has 0 aliphatic heterocycles. The molecular weight excluding hydrogens is 418 g/mol. The Hall–Kier alpha value is -3.59. The number of carbonyl (C=O) groups is 1. The second kappa shape index (κ2) is 10.4. The summed E-state index contributed by atoms with van der Waals surface area (Å²) in [5.41, 5.74) is 1.31. The molecule has 0 aliphatic rings. The van der Waals surface area contributed by atoms with Crippen molar-refractivity contribution in [3.05, 3.63) is 78.6 Å². The van der Waals surface area contributed by atoms with Crippen LogP contribution in [0.25, 0.3) is 0 Å². The van der Waals surface area contributed by atoms with Crippen molar-refractivity contribution in [2.75, 3.05) is 17.9 Å². The fraction of sp³-hybridized carbons (Fsp3) is 0.182. The molecule has 1 aromatic heterocycles. The van der Waals surface area contributed by atoms with Gasteiger partial charge in [-0.2, -0.15) is 0 Å².